The summed E-state index contributed by atoms with van der Waals surface area (Å²) in [6.45, 7) is 11.7. The molecule has 0 aliphatic heterocycles. The zero-order chi connectivity index (χ0) is 14.0. The van der Waals surface area contributed by atoms with Crippen molar-refractivity contribution in [3.05, 3.63) is 12.7 Å². The Balaban J connectivity index is 4.59. The lowest BCUT2D eigenvalue weighted by Gasteiger charge is -2.30. The average molecular weight is 256 g/mol. The first-order chi connectivity index (χ1) is 8.49. The lowest BCUT2D eigenvalue weighted by Crippen LogP contribution is -2.34. The van der Waals surface area contributed by atoms with Crippen LogP contribution in [0.25, 0.3) is 0 Å². The quantitative estimate of drug-likeness (QED) is 0.437. The van der Waals surface area contributed by atoms with Gasteiger partial charge in [-0.2, -0.15) is 0 Å². The van der Waals surface area contributed by atoms with E-state index in [-0.39, 0.29) is 6.10 Å². The van der Waals surface area contributed by atoms with Crippen molar-refractivity contribution in [3.63, 3.8) is 0 Å². The highest BCUT2D eigenvalue weighted by Crippen LogP contribution is 2.28. The van der Waals surface area contributed by atoms with Gasteiger partial charge in [0.05, 0.1) is 6.10 Å². The highest BCUT2D eigenvalue weighted by Gasteiger charge is 2.30. The first-order valence-electron chi connectivity index (χ1n) is 7.03. The minimum absolute atomic E-state index is 0.155. The van der Waals surface area contributed by atoms with Crippen molar-refractivity contribution in [2.24, 2.45) is 0 Å². The number of ether oxygens (including phenoxy) is 2. The van der Waals surface area contributed by atoms with Gasteiger partial charge in [-0.25, -0.2) is 4.79 Å². The molecule has 0 saturated heterocycles. The van der Waals surface area contributed by atoms with Gasteiger partial charge in [0.1, 0.15) is 5.60 Å². The average Bonchev–Trinajstić information content (AvgIpc) is 2.32. The van der Waals surface area contributed by atoms with E-state index in [1.165, 1.54) is 0 Å². The predicted octanol–water partition coefficient (Wildman–Crippen LogP) is 4.85. The van der Waals surface area contributed by atoms with Gasteiger partial charge < -0.3 is 9.47 Å². The van der Waals surface area contributed by atoms with E-state index in [0.29, 0.717) is 0 Å². The van der Waals surface area contributed by atoms with Gasteiger partial charge in [-0.1, -0.05) is 33.3 Å². The van der Waals surface area contributed by atoms with E-state index in [1.807, 2.05) is 13.8 Å². The van der Waals surface area contributed by atoms with Crippen LogP contribution in [0.1, 0.15) is 66.2 Å². The minimum atomic E-state index is -0.586. The van der Waals surface area contributed by atoms with Gasteiger partial charge in [0.2, 0.25) is 0 Å². The first-order valence-corrected chi connectivity index (χ1v) is 7.03. The lowest BCUT2D eigenvalue weighted by molar-refractivity contribution is -0.0314. The van der Waals surface area contributed by atoms with Gasteiger partial charge in [0.25, 0.3) is 0 Å². The molecule has 0 aliphatic carbocycles. The van der Waals surface area contributed by atoms with Crippen molar-refractivity contribution >= 4 is 6.16 Å². The molecular formula is C15H28O3. The van der Waals surface area contributed by atoms with E-state index in [1.54, 1.807) is 6.08 Å². The monoisotopic (exact) mass is 256 g/mol. The summed E-state index contributed by atoms with van der Waals surface area (Å²) < 4.78 is 10.6. The number of unbranched alkanes of at least 4 members (excludes halogenated alkanes) is 2. The van der Waals surface area contributed by atoms with E-state index >= 15 is 0 Å². The number of carbonyl (C=O) groups is 1. The molecule has 0 spiro atoms. The van der Waals surface area contributed by atoms with Crippen LogP contribution in [0, 0.1) is 0 Å². The second kappa shape index (κ2) is 9.01. The van der Waals surface area contributed by atoms with Crippen LogP contribution in [-0.4, -0.2) is 17.9 Å². The molecule has 0 radical (unpaired) electrons. The Morgan fingerprint density at radius 1 is 1.22 bits per heavy atom. The lowest BCUT2D eigenvalue weighted by atomic mass is 9.91. The van der Waals surface area contributed by atoms with Gasteiger partial charge in [-0.3, -0.25) is 0 Å². The Hall–Kier alpha value is -0.990. The topological polar surface area (TPSA) is 35.5 Å². The normalized spacial score (nSPS) is 11.4. The van der Waals surface area contributed by atoms with Crippen molar-refractivity contribution in [2.45, 2.75) is 77.9 Å². The summed E-state index contributed by atoms with van der Waals surface area (Å²) in [4.78, 5) is 11.7. The SMILES string of the molecule is C=CC(CCCC)(CCCC)OC(=O)OC(C)C. The minimum Gasteiger partial charge on any atom is -0.432 e. The summed E-state index contributed by atoms with van der Waals surface area (Å²) in [5, 5.41) is 0. The molecule has 3 heteroatoms. The highest BCUT2D eigenvalue weighted by molar-refractivity contribution is 5.61. The summed E-state index contributed by atoms with van der Waals surface area (Å²) >= 11 is 0. The highest BCUT2D eigenvalue weighted by atomic mass is 16.7. The van der Waals surface area contributed by atoms with Crippen LogP contribution in [-0.2, 0) is 9.47 Å². The van der Waals surface area contributed by atoms with E-state index < -0.39 is 11.8 Å². The van der Waals surface area contributed by atoms with Crippen LogP contribution in [0.3, 0.4) is 0 Å². The van der Waals surface area contributed by atoms with E-state index in [0.717, 1.165) is 38.5 Å². The smallest absolute Gasteiger partial charge is 0.432 e. The fraction of sp³-hybridized carbons (Fsp3) is 0.800. The number of carbonyl (C=O) groups excluding carboxylic acids is 1. The number of rotatable bonds is 9. The molecule has 0 aromatic carbocycles. The van der Waals surface area contributed by atoms with Crippen LogP contribution in [0.15, 0.2) is 12.7 Å². The Labute approximate surface area is 112 Å². The van der Waals surface area contributed by atoms with Crippen molar-refractivity contribution in [3.8, 4) is 0 Å². The maximum Gasteiger partial charge on any atom is 0.509 e. The second-order valence-corrected chi connectivity index (χ2v) is 4.99. The van der Waals surface area contributed by atoms with Crippen LogP contribution >= 0.6 is 0 Å². The first kappa shape index (κ1) is 17.0. The molecule has 0 saturated carbocycles. The molecule has 0 aromatic rings. The van der Waals surface area contributed by atoms with Crippen molar-refractivity contribution < 1.29 is 14.3 Å². The molecule has 3 nitrogen and oxygen atoms in total. The Bertz CT molecular complexity index is 238. The number of hydrogen-bond donors (Lipinski definition) is 0. The molecule has 18 heavy (non-hydrogen) atoms. The maximum absolute atomic E-state index is 11.7. The van der Waals surface area contributed by atoms with Crippen LogP contribution in [0.4, 0.5) is 4.79 Å². The fourth-order valence-electron chi connectivity index (χ4n) is 1.81. The summed E-state index contributed by atoms with van der Waals surface area (Å²) in [5.41, 5.74) is -0.558. The zero-order valence-corrected chi connectivity index (χ0v) is 12.3. The standard InChI is InChI=1S/C15H28O3/c1-6-9-11-15(8-3,12-10-7-2)18-14(16)17-13(4)5/h8,13H,3,6-7,9-12H2,1-2,4-5H3. The van der Waals surface area contributed by atoms with Gasteiger partial charge >= 0.3 is 6.16 Å². The molecule has 0 unspecified atom stereocenters. The molecule has 0 fully saturated rings. The Morgan fingerprint density at radius 2 is 1.72 bits per heavy atom. The summed E-state index contributed by atoms with van der Waals surface area (Å²) in [5.74, 6) is 0. The van der Waals surface area contributed by atoms with E-state index in [9.17, 15) is 4.79 Å². The van der Waals surface area contributed by atoms with Crippen LogP contribution < -0.4 is 0 Å². The third-order valence-electron chi connectivity index (χ3n) is 2.90. The molecule has 106 valence electrons. The van der Waals surface area contributed by atoms with Crippen molar-refractivity contribution in [1.82, 2.24) is 0 Å². The molecule has 0 atom stereocenters. The molecule has 0 aliphatic rings. The predicted molar refractivity (Wildman–Crippen MR) is 74.7 cm³/mol. The molecule has 0 bridgehead atoms. The van der Waals surface area contributed by atoms with Gasteiger partial charge in [-0.05, 0) is 45.6 Å². The van der Waals surface area contributed by atoms with Gasteiger partial charge in [-0.15, -0.1) is 0 Å². The third-order valence-corrected chi connectivity index (χ3v) is 2.90. The van der Waals surface area contributed by atoms with Crippen molar-refractivity contribution in [1.29, 1.82) is 0 Å². The molecule has 0 heterocycles. The van der Waals surface area contributed by atoms with Crippen LogP contribution in [0.2, 0.25) is 0 Å². The van der Waals surface area contributed by atoms with E-state index in [2.05, 4.69) is 20.4 Å². The summed E-state index contributed by atoms with van der Waals surface area (Å²) in [6, 6.07) is 0. The largest absolute Gasteiger partial charge is 0.509 e. The molecular weight excluding hydrogens is 228 g/mol. The molecule has 0 N–H and O–H groups in total. The second-order valence-electron chi connectivity index (χ2n) is 4.99. The van der Waals surface area contributed by atoms with Crippen LogP contribution in [0.5, 0.6) is 0 Å². The maximum atomic E-state index is 11.7. The third kappa shape index (κ3) is 6.67. The zero-order valence-electron chi connectivity index (χ0n) is 12.3. The number of hydrogen-bond acceptors (Lipinski definition) is 3. The molecule has 0 aromatic heterocycles. The van der Waals surface area contributed by atoms with Gasteiger partial charge in [0.15, 0.2) is 0 Å². The Kier molecular flexibility index (Phi) is 8.51. The Morgan fingerprint density at radius 3 is 2.06 bits per heavy atom. The van der Waals surface area contributed by atoms with Crippen molar-refractivity contribution in [2.75, 3.05) is 0 Å². The summed E-state index contributed by atoms with van der Waals surface area (Å²) in [7, 11) is 0. The molecule has 0 rings (SSSR count). The molecule has 0 amide bonds. The fourth-order valence-corrected chi connectivity index (χ4v) is 1.81. The van der Waals surface area contributed by atoms with Gasteiger partial charge in [0, 0.05) is 0 Å². The summed E-state index contributed by atoms with van der Waals surface area (Å²) in [6.07, 6.45) is 6.85. The van der Waals surface area contributed by atoms with E-state index in [4.69, 9.17) is 9.47 Å².